The number of carbonyl (C=O) groups excluding carboxylic acids is 1. The van der Waals surface area contributed by atoms with Crippen LogP contribution in [0.5, 0.6) is 0 Å². The monoisotopic (exact) mass is 327 g/mol. The Labute approximate surface area is 131 Å². The molecule has 0 aromatic heterocycles. The summed E-state index contributed by atoms with van der Waals surface area (Å²) < 4.78 is 2.59. The fourth-order valence-electron chi connectivity index (χ4n) is 1.57. The first-order valence-corrected chi connectivity index (χ1v) is 7.31. The molecule has 8 nitrogen and oxygen atoms in total. The van der Waals surface area contributed by atoms with Crippen molar-refractivity contribution in [3.8, 4) is 0 Å². The number of aliphatic carboxylic acids is 1. The molecular formula is C13H17N3O5S. The zero-order chi connectivity index (χ0) is 16.7. The molecule has 22 heavy (non-hydrogen) atoms. The van der Waals surface area contributed by atoms with Crippen molar-refractivity contribution < 1.29 is 19.6 Å². The van der Waals surface area contributed by atoms with Gasteiger partial charge in [-0.25, -0.2) is 4.72 Å². The van der Waals surface area contributed by atoms with Gasteiger partial charge in [-0.15, -0.1) is 0 Å². The van der Waals surface area contributed by atoms with E-state index >= 15 is 0 Å². The highest BCUT2D eigenvalue weighted by molar-refractivity contribution is 7.97. The normalized spacial score (nSPS) is 12.0. The molecule has 0 saturated carbocycles. The largest absolute Gasteiger partial charge is 0.480 e. The lowest BCUT2D eigenvalue weighted by atomic mass is 10.2. The van der Waals surface area contributed by atoms with Gasteiger partial charge in [0, 0.05) is 12.1 Å². The first-order chi connectivity index (χ1) is 10.3. The predicted octanol–water partition coefficient (Wildman–Crippen LogP) is 1.56. The minimum atomic E-state index is -1.20. The zero-order valence-electron chi connectivity index (χ0n) is 12.1. The van der Waals surface area contributed by atoms with Crippen molar-refractivity contribution in [2.45, 2.75) is 37.2 Å². The Bertz CT molecular complexity index is 564. The molecule has 0 aliphatic rings. The van der Waals surface area contributed by atoms with Crippen LogP contribution in [0.2, 0.25) is 0 Å². The maximum absolute atomic E-state index is 11.6. The van der Waals surface area contributed by atoms with Crippen LogP contribution in [0.25, 0.3) is 0 Å². The summed E-state index contributed by atoms with van der Waals surface area (Å²) in [7, 11) is 0. The third-order valence-electron chi connectivity index (χ3n) is 2.51. The van der Waals surface area contributed by atoms with Gasteiger partial charge in [0.05, 0.1) is 11.3 Å². The Morgan fingerprint density at radius 3 is 2.55 bits per heavy atom. The molecule has 9 heteroatoms. The van der Waals surface area contributed by atoms with Crippen molar-refractivity contribution in [3.63, 3.8) is 0 Å². The Balaban J connectivity index is 2.71. The van der Waals surface area contributed by atoms with Crippen molar-refractivity contribution in [2.24, 2.45) is 0 Å². The number of hydrogen-bond acceptors (Lipinski definition) is 6. The van der Waals surface area contributed by atoms with Crippen LogP contribution >= 0.6 is 11.9 Å². The van der Waals surface area contributed by atoms with Crippen molar-refractivity contribution in [1.29, 1.82) is 0 Å². The van der Waals surface area contributed by atoms with Gasteiger partial charge in [0.25, 0.3) is 5.69 Å². The highest BCUT2D eigenvalue weighted by atomic mass is 32.2. The minimum Gasteiger partial charge on any atom is -0.480 e. The van der Waals surface area contributed by atoms with E-state index in [4.69, 9.17) is 5.11 Å². The molecule has 1 atom stereocenters. The van der Waals surface area contributed by atoms with Gasteiger partial charge in [0.2, 0.25) is 5.91 Å². The van der Waals surface area contributed by atoms with E-state index in [1.807, 2.05) is 0 Å². The summed E-state index contributed by atoms with van der Waals surface area (Å²) in [6, 6.07) is 4.72. The molecule has 1 aromatic carbocycles. The van der Waals surface area contributed by atoms with Gasteiger partial charge in [-0.1, -0.05) is 12.1 Å². The van der Waals surface area contributed by atoms with E-state index in [0.717, 1.165) is 11.9 Å². The summed E-state index contributed by atoms with van der Waals surface area (Å²) in [4.78, 5) is 33.4. The quantitative estimate of drug-likeness (QED) is 0.376. The molecule has 0 saturated heterocycles. The van der Waals surface area contributed by atoms with Crippen LogP contribution in [-0.4, -0.2) is 34.0 Å². The van der Waals surface area contributed by atoms with E-state index in [0.29, 0.717) is 0 Å². The average molecular weight is 327 g/mol. The highest BCUT2D eigenvalue weighted by Crippen LogP contribution is 2.27. The van der Waals surface area contributed by atoms with Crippen LogP contribution in [0.15, 0.2) is 29.2 Å². The minimum absolute atomic E-state index is 0.0928. The Hall–Kier alpha value is -2.13. The maximum Gasteiger partial charge on any atom is 0.322 e. The lowest BCUT2D eigenvalue weighted by Gasteiger charge is -2.15. The molecule has 0 aliphatic carbocycles. The molecule has 0 bridgehead atoms. The Kier molecular flexibility index (Phi) is 6.80. The number of carboxylic acid groups (broad SMARTS) is 1. The predicted molar refractivity (Wildman–Crippen MR) is 81.4 cm³/mol. The number of para-hydroxylation sites is 1. The number of nitrogens with zero attached hydrogens (tertiary/aromatic N) is 1. The fraction of sp³-hybridized carbons (Fsp3) is 0.385. The number of amides is 1. The summed E-state index contributed by atoms with van der Waals surface area (Å²) >= 11 is 0.820. The van der Waals surface area contributed by atoms with Crippen LogP contribution in [0.4, 0.5) is 5.69 Å². The van der Waals surface area contributed by atoms with Crippen molar-refractivity contribution in [2.75, 3.05) is 0 Å². The van der Waals surface area contributed by atoms with Gasteiger partial charge in [-0.3, -0.25) is 19.7 Å². The molecule has 0 spiro atoms. The Morgan fingerprint density at radius 1 is 1.36 bits per heavy atom. The number of carbonyl (C=O) groups is 2. The molecule has 1 amide bonds. The van der Waals surface area contributed by atoms with Crippen molar-refractivity contribution >= 4 is 29.5 Å². The van der Waals surface area contributed by atoms with E-state index in [1.54, 1.807) is 19.9 Å². The Morgan fingerprint density at radius 2 is 2.00 bits per heavy atom. The number of carboxylic acids is 1. The third kappa shape index (κ3) is 5.70. The van der Waals surface area contributed by atoms with E-state index < -0.39 is 22.8 Å². The second-order valence-electron chi connectivity index (χ2n) is 4.76. The summed E-state index contributed by atoms with van der Waals surface area (Å²) in [5.74, 6) is -1.61. The summed E-state index contributed by atoms with van der Waals surface area (Å²) in [6.45, 7) is 3.53. The zero-order valence-corrected chi connectivity index (χ0v) is 12.9. The molecule has 0 fully saturated rings. The van der Waals surface area contributed by atoms with E-state index in [9.17, 15) is 19.7 Å². The number of benzene rings is 1. The number of hydrogen-bond donors (Lipinski definition) is 3. The molecule has 120 valence electrons. The van der Waals surface area contributed by atoms with Gasteiger partial charge in [0.15, 0.2) is 0 Å². The van der Waals surface area contributed by atoms with Crippen molar-refractivity contribution in [1.82, 2.24) is 10.0 Å². The van der Waals surface area contributed by atoms with E-state index in [1.165, 1.54) is 18.2 Å². The third-order valence-corrected chi connectivity index (χ3v) is 3.48. The lowest BCUT2D eigenvalue weighted by molar-refractivity contribution is -0.387. The van der Waals surface area contributed by atoms with Crippen LogP contribution < -0.4 is 10.0 Å². The van der Waals surface area contributed by atoms with Crippen LogP contribution in [-0.2, 0) is 9.59 Å². The second-order valence-corrected chi connectivity index (χ2v) is 5.64. The number of rotatable bonds is 8. The number of nitro benzene ring substituents is 1. The molecule has 1 rings (SSSR count). The molecule has 1 aromatic rings. The fourth-order valence-corrected chi connectivity index (χ4v) is 2.42. The molecular weight excluding hydrogens is 310 g/mol. The number of nitrogens with one attached hydrogen (secondary N) is 2. The van der Waals surface area contributed by atoms with Gasteiger partial charge >= 0.3 is 5.97 Å². The first-order valence-electron chi connectivity index (χ1n) is 6.49. The van der Waals surface area contributed by atoms with E-state index in [2.05, 4.69) is 10.0 Å². The van der Waals surface area contributed by atoms with Gasteiger partial charge < -0.3 is 10.4 Å². The van der Waals surface area contributed by atoms with Crippen LogP contribution in [0.3, 0.4) is 0 Å². The molecule has 0 heterocycles. The second kappa shape index (κ2) is 8.35. The van der Waals surface area contributed by atoms with E-state index in [-0.39, 0.29) is 23.0 Å². The summed E-state index contributed by atoms with van der Waals surface area (Å²) in [6.07, 6.45) is -0.263. The van der Waals surface area contributed by atoms with Crippen LogP contribution in [0, 0.1) is 10.1 Å². The first kappa shape index (κ1) is 17.9. The summed E-state index contributed by atoms with van der Waals surface area (Å²) in [5.41, 5.74) is -0.129. The lowest BCUT2D eigenvalue weighted by Crippen LogP contribution is -2.40. The van der Waals surface area contributed by atoms with Gasteiger partial charge in [0.1, 0.15) is 10.9 Å². The van der Waals surface area contributed by atoms with Crippen LogP contribution in [0.1, 0.15) is 20.3 Å². The van der Waals surface area contributed by atoms with Gasteiger partial charge in [-0.05, 0) is 31.9 Å². The molecule has 3 N–H and O–H groups in total. The molecule has 0 radical (unpaired) electrons. The smallest absolute Gasteiger partial charge is 0.322 e. The topological polar surface area (TPSA) is 122 Å². The maximum atomic E-state index is 11.6. The highest BCUT2D eigenvalue weighted by Gasteiger charge is 2.23. The van der Waals surface area contributed by atoms with Crippen molar-refractivity contribution in [3.05, 3.63) is 34.4 Å². The molecule has 1 unspecified atom stereocenters. The number of nitro groups is 1. The van der Waals surface area contributed by atoms with Gasteiger partial charge in [-0.2, -0.15) is 0 Å². The standard InChI is InChI=1S/C13H17N3O5S/c1-8(2)14-12(17)7-9(13(18)19)15-22-11-6-4-3-5-10(11)16(20)21/h3-6,8-9,15H,7H2,1-2H3,(H,14,17)(H,18,19). The SMILES string of the molecule is CC(C)NC(=O)CC(NSc1ccccc1[N+](=O)[O-])C(=O)O. The average Bonchev–Trinajstić information content (AvgIpc) is 2.42. The molecule has 0 aliphatic heterocycles. The summed E-state index contributed by atoms with van der Waals surface area (Å²) in [5, 5.41) is 22.6.